The maximum absolute atomic E-state index is 2.43. The van der Waals surface area contributed by atoms with Crippen LogP contribution in [0, 0.1) is 0 Å². The van der Waals surface area contributed by atoms with Gasteiger partial charge in [-0.3, -0.25) is 0 Å². The van der Waals surface area contributed by atoms with Gasteiger partial charge in [0.2, 0.25) is 0 Å². The molecule has 11 aromatic rings. The molecular formula is C65H47N. The van der Waals surface area contributed by atoms with Gasteiger partial charge in [-0.2, -0.15) is 0 Å². The molecule has 0 saturated carbocycles. The van der Waals surface area contributed by atoms with Crippen molar-refractivity contribution in [2.45, 2.75) is 19.3 Å². The van der Waals surface area contributed by atoms with E-state index >= 15 is 0 Å². The molecule has 11 aromatic carbocycles. The number of anilines is 3. The van der Waals surface area contributed by atoms with Crippen molar-refractivity contribution in [1.82, 2.24) is 0 Å². The van der Waals surface area contributed by atoms with E-state index in [2.05, 4.69) is 267 Å². The summed E-state index contributed by atoms with van der Waals surface area (Å²) < 4.78 is 0. The van der Waals surface area contributed by atoms with Crippen molar-refractivity contribution < 1.29 is 0 Å². The molecule has 0 saturated heterocycles. The highest BCUT2D eigenvalue weighted by atomic mass is 15.1. The first-order chi connectivity index (χ1) is 32.5. The third-order valence-corrected chi connectivity index (χ3v) is 13.9. The molecule has 0 bridgehead atoms. The van der Waals surface area contributed by atoms with Crippen LogP contribution in [0.3, 0.4) is 0 Å². The first-order valence-electron chi connectivity index (χ1n) is 23.0. The Labute approximate surface area is 387 Å². The zero-order chi connectivity index (χ0) is 44.2. The minimum atomic E-state index is -0.0552. The molecule has 1 nitrogen and oxygen atoms in total. The summed E-state index contributed by atoms with van der Waals surface area (Å²) in [5.74, 6) is 0. The highest BCUT2D eigenvalue weighted by Gasteiger charge is 2.35. The third kappa shape index (κ3) is 6.71. The summed E-state index contributed by atoms with van der Waals surface area (Å²) in [7, 11) is 0. The van der Waals surface area contributed by atoms with Gasteiger partial charge in [-0.05, 0) is 136 Å². The van der Waals surface area contributed by atoms with Gasteiger partial charge < -0.3 is 4.90 Å². The normalized spacial score (nSPS) is 12.5. The van der Waals surface area contributed by atoms with Crippen LogP contribution in [0.4, 0.5) is 17.1 Å². The zero-order valence-electron chi connectivity index (χ0n) is 37.1. The van der Waals surface area contributed by atoms with Crippen LogP contribution in [-0.4, -0.2) is 0 Å². The molecule has 0 amide bonds. The number of nitrogens with zero attached hydrogens (tertiary/aromatic N) is 1. The lowest BCUT2D eigenvalue weighted by atomic mass is 9.82. The van der Waals surface area contributed by atoms with Crippen molar-refractivity contribution in [3.05, 3.63) is 260 Å². The first kappa shape index (κ1) is 39.3. The van der Waals surface area contributed by atoms with E-state index in [1.54, 1.807) is 0 Å². The Hall–Kier alpha value is -8.26. The van der Waals surface area contributed by atoms with Crippen LogP contribution in [0.1, 0.15) is 25.0 Å². The highest BCUT2D eigenvalue weighted by molar-refractivity contribution is 6.12. The van der Waals surface area contributed by atoms with E-state index in [1.807, 2.05) is 0 Å². The Kier molecular flexibility index (Phi) is 9.58. The summed E-state index contributed by atoms with van der Waals surface area (Å²) in [4.78, 5) is 2.43. The standard InChI is InChI=1S/C65H47N/c1-65(2)62-26-13-11-23-59(62)61-43-50(34-41-63(61)65)56-22-12-14-27-64(56)66(52-37-30-48(31-38-52)54-24-15-25-57-53-21-10-9-20-47(53)32-40-58(54)57)51-35-28-44(29-36-51)49-33-39-55(45-16-5-3-6-17-45)60(42-49)46-18-7-4-8-19-46/h3-43H,1-2H3. The molecule has 0 N–H and O–H groups in total. The Morgan fingerprint density at radius 2 is 0.803 bits per heavy atom. The number of hydrogen-bond acceptors (Lipinski definition) is 1. The lowest BCUT2D eigenvalue weighted by Crippen LogP contribution is -2.14. The molecule has 0 aliphatic heterocycles. The van der Waals surface area contributed by atoms with Crippen LogP contribution < -0.4 is 4.90 Å². The zero-order valence-corrected chi connectivity index (χ0v) is 37.1. The van der Waals surface area contributed by atoms with E-state index in [4.69, 9.17) is 0 Å². The van der Waals surface area contributed by atoms with E-state index in [0.717, 1.165) is 17.1 Å². The molecule has 0 radical (unpaired) electrons. The summed E-state index contributed by atoms with van der Waals surface area (Å²) in [6, 6.07) is 91.4. The van der Waals surface area contributed by atoms with Gasteiger partial charge in [0, 0.05) is 22.4 Å². The molecule has 0 heterocycles. The van der Waals surface area contributed by atoms with Crippen molar-refractivity contribution in [1.29, 1.82) is 0 Å². The van der Waals surface area contributed by atoms with Crippen molar-refractivity contribution in [2.24, 2.45) is 0 Å². The summed E-state index contributed by atoms with van der Waals surface area (Å²) in [6.45, 7) is 4.70. The SMILES string of the molecule is CC1(C)c2ccccc2-c2cc(-c3ccccc3N(c3ccc(-c4ccc(-c5ccccc5)c(-c5ccccc5)c4)cc3)c3ccc(-c4cccc5c4ccc4ccccc45)cc3)ccc21. The predicted molar refractivity (Wildman–Crippen MR) is 281 cm³/mol. The summed E-state index contributed by atoms with van der Waals surface area (Å²) in [5.41, 5.74) is 20.7. The van der Waals surface area contributed by atoms with Gasteiger partial charge in [-0.15, -0.1) is 0 Å². The quantitative estimate of drug-likeness (QED) is 0.138. The fraction of sp³-hybridized carbons (Fsp3) is 0.0462. The second-order valence-corrected chi connectivity index (χ2v) is 18.1. The minimum Gasteiger partial charge on any atom is -0.310 e. The second-order valence-electron chi connectivity index (χ2n) is 18.1. The summed E-state index contributed by atoms with van der Waals surface area (Å²) in [6.07, 6.45) is 0. The topological polar surface area (TPSA) is 3.24 Å². The number of benzene rings is 11. The predicted octanol–water partition coefficient (Wildman–Crippen LogP) is 18.1. The second kappa shape index (κ2) is 16.1. The van der Waals surface area contributed by atoms with Crippen molar-refractivity contribution >= 4 is 38.6 Å². The molecule has 0 fully saturated rings. The molecule has 0 aromatic heterocycles. The van der Waals surface area contributed by atoms with Crippen molar-refractivity contribution in [2.75, 3.05) is 4.90 Å². The van der Waals surface area contributed by atoms with E-state index in [1.165, 1.54) is 99.4 Å². The van der Waals surface area contributed by atoms with Crippen molar-refractivity contribution in [3.8, 4) is 66.8 Å². The van der Waals surface area contributed by atoms with Gasteiger partial charge in [0.05, 0.1) is 5.69 Å². The highest BCUT2D eigenvalue weighted by Crippen LogP contribution is 2.51. The number of fused-ring (bicyclic) bond motifs is 6. The molecule has 1 heteroatoms. The van der Waals surface area contributed by atoms with Crippen LogP contribution in [-0.2, 0) is 5.41 Å². The number of rotatable bonds is 8. The molecule has 1 aliphatic rings. The Morgan fingerprint density at radius 1 is 0.273 bits per heavy atom. The van der Waals surface area contributed by atoms with Crippen LogP contribution in [0.5, 0.6) is 0 Å². The lowest BCUT2D eigenvalue weighted by Gasteiger charge is -2.28. The molecule has 0 unspecified atom stereocenters. The maximum Gasteiger partial charge on any atom is 0.0540 e. The fourth-order valence-corrected chi connectivity index (χ4v) is 10.6. The Morgan fingerprint density at radius 3 is 1.56 bits per heavy atom. The molecule has 1 aliphatic carbocycles. The van der Waals surface area contributed by atoms with Gasteiger partial charge in [0.1, 0.15) is 0 Å². The van der Waals surface area contributed by atoms with E-state index in [9.17, 15) is 0 Å². The van der Waals surface area contributed by atoms with Crippen molar-refractivity contribution in [3.63, 3.8) is 0 Å². The van der Waals surface area contributed by atoms with Crippen LogP contribution >= 0.6 is 0 Å². The molecule has 0 atom stereocenters. The number of para-hydroxylation sites is 1. The fourth-order valence-electron chi connectivity index (χ4n) is 10.6. The summed E-state index contributed by atoms with van der Waals surface area (Å²) >= 11 is 0. The van der Waals surface area contributed by atoms with Crippen LogP contribution in [0.25, 0.3) is 88.3 Å². The van der Waals surface area contributed by atoms with Gasteiger partial charge in [-0.25, -0.2) is 0 Å². The molecular weight excluding hydrogens is 795 g/mol. The largest absolute Gasteiger partial charge is 0.310 e. The Bertz CT molecular complexity index is 3580. The first-order valence-corrected chi connectivity index (χ1v) is 23.0. The van der Waals surface area contributed by atoms with Gasteiger partial charge in [-0.1, -0.05) is 220 Å². The third-order valence-electron chi connectivity index (χ3n) is 13.9. The van der Waals surface area contributed by atoms with Crippen LogP contribution in [0.2, 0.25) is 0 Å². The van der Waals surface area contributed by atoms with E-state index < -0.39 is 0 Å². The molecule has 66 heavy (non-hydrogen) atoms. The molecule has 12 rings (SSSR count). The smallest absolute Gasteiger partial charge is 0.0540 e. The minimum absolute atomic E-state index is 0.0552. The molecule has 312 valence electrons. The van der Waals surface area contributed by atoms with Gasteiger partial charge in [0.25, 0.3) is 0 Å². The average molecular weight is 842 g/mol. The maximum atomic E-state index is 2.43. The van der Waals surface area contributed by atoms with Gasteiger partial charge in [0.15, 0.2) is 0 Å². The average Bonchev–Trinajstić information content (AvgIpc) is 3.62. The van der Waals surface area contributed by atoms with Crippen LogP contribution in [0.15, 0.2) is 249 Å². The van der Waals surface area contributed by atoms with E-state index in [-0.39, 0.29) is 5.41 Å². The lowest BCUT2D eigenvalue weighted by molar-refractivity contribution is 0.660. The summed E-state index contributed by atoms with van der Waals surface area (Å²) in [5, 5.41) is 5.07. The Balaban J connectivity index is 0.981. The molecule has 0 spiro atoms. The van der Waals surface area contributed by atoms with Gasteiger partial charge >= 0.3 is 0 Å². The monoisotopic (exact) mass is 841 g/mol. The number of hydrogen-bond donors (Lipinski definition) is 0. The van der Waals surface area contributed by atoms with E-state index in [0.29, 0.717) is 0 Å².